The molecule has 7 nitrogen and oxygen atoms in total. The molecular weight excluding hydrogens is 302 g/mol. The maximum atomic E-state index is 12.6. The Kier molecular flexibility index (Phi) is 3.60. The molecule has 2 amide bonds. The summed E-state index contributed by atoms with van der Waals surface area (Å²) in [6.07, 6.45) is 2.79. The van der Waals surface area contributed by atoms with Crippen LogP contribution in [0.2, 0.25) is 0 Å². The zero-order valence-corrected chi connectivity index (χ0v) is 12.6. The maximum Gasteiger partial charge on any atom is 0.272 e. The van der Waals surface area contributed by atoms with E-state index in [-0.39, 0.29) is 17.1 Å². The van der Waals surface area contributed by atoms with Gasteiger partial charge in [0.15, 0.2) is 5.65 Å². The Hall–Kier alpha value is -2.74. The molecule has 0 aliphatic carbocycles. The fourth-order valence-electron chi connectivity index (χ4n) is 2.15. The quantitative estimate of drug-likeness (QED) is 0.782. The van der Waals surface area contributed by atoms with Gasteiger partial charge in [0.1, 0.15) is 11.3 Å². The number of amides is 2. The van der Waals surface area contributed by atoms with Crippen molar-refractivity contribution in [2.45, 2.75) is 6.54 Å². The third-order valence-corrected chi connectivity index (χ3v) is 3.96. The summed E-state index contributed by atoms with van der Waals surface area (Å²) in [4.78, 5) is 29.6. The second-order valence-corrected chi connectivity index (χ2v) is 5.56. The summed E-state index contributed by atoms with van der Waals surface area (Å²) in [5.74, 6) is -0.837. The molecule has 22 heavy (non-hydrogen) atoms. The molecule has 112 valence electrons. The van der Waals surface area contributed by atoms with E-state index in [9.17, 15) is 9.59 Å². The summed E-state index contributed by atoms with van der Waals surface area (Å²) in [7, 11) is 1.71. The number of hydrogen-bond donors (Lipinski definition) is 1. The van der Waals surface area contributed by atoms with E-state index in [1.54, 1.807) is 29.4 Å². The zero-order chi connectivity index (χ0) is 15.7. The molecule has 8 heteroatoms. The van der Waals surface area contributed by atoms with Crippen molar-refractivity contribution in [3.05, 3.63) is 52.1 Å². The van der Waals surface area contributed by atoms with Gasteiger partial charge in [-0.15, -0.1) is 0 Å². The Bertz CT molecular complexity index is 840. The Labute approximate surface area is 130 Å². The van der Waals surface area contributed by atoms with Gasteiger partial charge in [0.25, 0.3) is 11.8 Å². The molecule has 0 saturated carbocycles. The number of hydrogen-bond acceptors (Lipinski definition) is 5. The van der Waals surface area contributed by atoms with Crippen LogP contribution >= 0.6 is 11.3 Å². The van der Waals surface area contributed by atoms with E-state index in [4.69, 9.17) is 5.73 Å². The van der Waals surface area contributed by atoms with Gasteiger partial charge in [-0.1, -0.05) is 0 Å². The van der Waals surface area contributed by atoms with E-state index in [1.807, 2.05) is 16.8 Å². The predicted octanol–water partition coefficient (Wildman–Crippen LogP) is 1.16. The first-order valence-electron chi connectivity index (χ1n) is 6.47. The molecule has 3 aromatic rings. The zero-order valence-electron chi connectivity index (χ0n) is 11.8. The molecule has 3 heterocycles. The van der Waals surface area contributed by atoms with Gasteiger partial charge < -0.3 is 10.6 Å². The lowest BCUT2D eigenvalue weighted by Gasteiger charge is -2.16. The van der Waals surface area contributed by atoms with Crippen LogP contribution in [0.5, 0.6) is 0 Å². The van der Waals surface area contributed by atoms with Gasteiger partial charge in [0.2, 0.25) is 0 Å². The molecule has 0 aliphatic rings. The number of thiophene rings is 1. The van der Waals surface area contributed by atoms with Gasteiger partial charge in [0.05, 0.1) is 6.20 Å². The third-order valence-electron chi connectivity index (χ3n) is 3.23. The molecule has 0 saturated heterocycles. The van der Waals surface area contributed by atoms with Gasteiger partial charge in [-0.3, -0.25) is 9.59 Å². The van der Waals surface area contributed by atoms with Crippen molar-refractivity contribution in [2.24, 2.45) is 5.73 Å². The molecule has 3 aromatic heterocycles. The average Bonchev–Trinajstić information content (AvgIpc) is 3.14. The molecule has 0 atom stereocenters. The van der Waals surface area contributed by atoms with E-state index in [2.05, 4.69) is 10.1 Å². The fraction of sp³-hybridized carbons (Fsp3) is 0.143. The maximum absolute atomic E-state index is 12.6. The minimum absolute atomic E-state index is 0.190. The van der Waals surface area contributed by atoms with Crippen molar-refractivity contribution in [3.8, 4) is 0 Å². The summed E-state index contributed by atoms with van der Waals surface area (Å²) in [6.45, 7) is 0.496. The summed E-state index contributed by atoms with van der Waals surface area (Å²) >= 11 is 1.58. The van der Waals surface area contributed by atoms with Gasteiger partial charge >= 0.3 is 0 Å². The van der Waals surface area contributed by atoms with E-state index in [1.165, 1.54) is 16.9 Å². The summed E-state index contributed by atoms with van der Waals surface area (Å²) in [5, 5.41) is 8.00. The largest absolute Gasteiger partial charge is 0.365 e. The third kappa shape index (κ3) is 2.44. The van der Waals surface area contributed by atoms with Crippen LogP contribution in [-0.4, -0.2) is 38.4 Å². The lowest BCUT2D eigenvalue weighted by molar-refractivity contribution is 0.0776. The molecule has 0 bridgehead atoms. The highest BCUT2D eigenvalue weighted by Gasteiger charge is 2.19. The highest BCUT2D eigenvalue weighted by molar-refractivity contribution is 7.07. The van der Waals surface area contributed by atoms with Crippen molar-refractivity contribution < 1.29 is 9.59 Å². The smallest absolute Gasteiger partial charge is 0.272 e. The molecule has 0 aliphatic heterocycles. The number of carbonyl (C=O) groups excluding carboxylic acids is 2. The minimum Gasteiger partial charge on any atom is -0.365 e. The van der Waals surface area contributed by atoms with Crippen molar-refractivity contribution in [2.75, 3.05) is 7.05 Å². The van der Waals surface area contributed by atoms with Crippen molar-refractivity contribution >= 4 is 28.8 Å². The second kappa shape index (κ2) is 5.57. The van der Waals surface area contributed by atoms with Gasteiger partial charge in [0, 0.05) is 19.8 Å². The number of nitrogens with zero attached hydrogens (tertiary/aromatic N) is 4. The molecule has 0 fully saturated rings. The van der Waals surface area contributed by atoms with Crippen LogP contribution in [0, 0.1) is 0 Å². The average molecular weight is 315 g/mol. The molecule has 0 unspecified atom stereocenters. The van der Waals surface area contributed by atoms with Crippen LogP contribution in [0.25, 0.3) is 5.65 Å². The molecule has 0 radical (unpaired) electrons. The van der Waals surface area contributed by atoms with Crippen LogP contribution in [0.4, 0.5) is 0 Å². The van der Waals surface area contributed by atoms with Crippen LogP contribution < -0.4 is 5.73 Å². The van der Waals surface area contributed by atoms with Crippen LogP contribution in [0.15, 0.2) is 35.3 Å². The van der Waals surface area contributed by atoms with Crippen molar-refractivity contribution in [1.82, 2.24) is 19.5 Å². The number of carbonyl (C=O) groups is 2. The van der Waals surface area contributed by atoms with E-state index in [0.717, 1.165) is 5.56 Å². The lowest BCUT2D eigenvalue weighted by atomic mass is 10.3. The van der Waals surface area contributed by atoms with E-state index < -0.39 is 5.91 Å². The monoisotopic (exact) mass is 315 g/mol. The number of rotatable bonds is 4. The first-order chi connectivity index (χ1) is 10.6. The summed E-state index contributed by atoms with van der Waals surface area (Å²) < 4.78 is 1.34. The summed E-state index contributed by atoms with van der Waals surface area (Å²) in [6, 6.07) is 3.53. The molecule has 3 rings (SSSR count). The van der Waals surface area contributed by atoms with Gasteiger partial charge in [-0.05, 0) is 28.5 Å². The molecule has 0 aromatic carbocycles. The number of aromatic nitrogens is 3. The summed E-state index contributed by atoms with van der Waals surface area (Å²) in [5.41, 5.74) is 7.13. The highest BCUT2D eigenvalue weighted by Crippen LogP contribution is 2.13. The Morgan fingerprint density at radius 2 is 2.23 bits per heavy atom. The fourth-order valence-corrected chi connectivity index (χ4v) is 2.81. The predicted molar refractivity (Wildman–Crippen MR) is 81.6 cm³/mol. The second-order valence-electron chi connectivity index (χ2n) is 4.78. The van der Waals surface area contributed by atoms with E-state index in [0.29, 0.717) is 12.2 Å². The standard InChI is InChI=1S/C14H13N5O2S/c1-18(7-9-3-5-22-8-9)14(21)11-2-4-16-13-10(12(15)20)6-17-19(11)13/h2-6,8H,7H2,1H3,(H2,15,20). The Morgan fingerprint density at radius 1 is 1.41 bits per heavy atom. The van der Waals surface area contributed by atoms with Crippen molar-refractivity contribution in [3.63, 3.8) is 0 Å². The minimum atomic E-state index is -0.626. The van der Waals surface area contributed by atoms with Crippen LogP contribution in [-0.2, 0) is 6.54 Å². The number of primary amides is 1. The van der Waals surface area contributed by atoms with Crippen LogP contribution in [0.3, 0.4) is 0 Å². The highest BCUT2D eigenvalue weighted by atomic mass is 32.1. The number of fused-ring (bicyclic) bond motifs is 1. The molecular formula is C14H13N5O2S. The first kappa shape index (κ1) is 14.2. The first-order valence-corrected chi connectivity index (χ1v) is 7.41. The van der Waals surface area contributed by atoms with Crippen molar-refractivity contribution in [1.29, 1.82) is 0 Å². The van der Waals surface area contributed by atoms with Gasteiger partial charge in [-0.25, -0.2) is 9.50 Å². The Balaban J connectivity index is 1.95. The Morgan fingerprint density at radius 3 is 2.91 bits per heavy atom. The normalized spacial score (nSPS) is 10.8. The molecule has 2 N–H and O–H groups in total. The number of nitrogens with two attached hydrogens (primary N) is 1. The van der Waals surface area contributed by atoms with Crippen LogP contribution in [0.1, 0.15) is 26.4 Å². The SMILES string of the molecule is CN(Cc1ccsc1)C(=O)c1ccnc2c(C(N)=O)cnn12. The van der Waals surface area contributed by atoms with Gasteiger partial charge in [-0.2, -0.15) is 16.4 Å². The topological polar surface area (TPSA) is 93.6 Å². The molecule has 0 spiro atoms. The lowest BCUT2D eigenvalue weighted by Crippen LogP contribution is -2.28. The van der Waals surface area contributed by atoms with E-state index >= 15 is 0 Å².